The maximum atomic E-state index is 13.0. The minimum absolute atomic E-state index is 0.0205. The summed E-state index contributed by atoms with van der Waals surface area (Å²) in [5.41, 5.74) is -1.32. The van der Waals surface area contributed by atoms with E-state index in [1.807, 2.05) is 0 Å². The number of hydrogen-bond acceptors (Lipinski definition) is 7. The molecule has 0 spiro atoms. The number of nitrogens with one attached hydrogen (secondary N) is 1. The number of hydrogen-bond donors (Lipinski definition) is 1. The summed E-state index contributed by atoms with van der Waals surface area (Å²) >= 11 is 0. The molecular weight excluding hydrogens is 424 g/mol. The van der Waals surface area contributed by atoms with E-state index in [1.165, 1.54) is 28.6 Å². The first-order chi connectivity index (χ1) is 14.2. The summed E-state index contributed by atoms with van der Waals surface area (Å²) < 4.78 is 42.8. The van der Waals surface area contributed by atoms with Crippen molar-refractivity contribution in [3.05, 3.63) is 24.3 Å². The molecule has 9 nitrogen and oxygen atoms in total. The topological polar surface area (TPSA) is 111 Å². The first-order valence-corrected chi connectivity index (χ1v) is 11.6. The summed E-state index contributed by atoms with van der Waals surface area (Å²) in [5.74, 6) is 0.0804. The SMILES string of the molecule is CC(C)(C)OC(=O)NC1CCN(S(=O)(=O)c2cccc(OC(=O)OC(C)(C)C)c2)CC1. The number of piperidine rings is 1. The van der Waals surface area contributed by atoms with Crippen molar-refractivity contribution in [3.63, 3.8) is 0 Å². The van der Waals surface area contributed by atoms with Gasteiger partial charge in [-0.1, -0.05) is 6.07 Å². The minimum atomic E-state index is -3.78. The molecule has 1 aliphatic rings. The first kappa shape index (κ1) is 24.9. The highest BCUT2D eigenvalue weighted by Gasteiger charge is 2.31. The second kappa shape index (κ2) is 9.44. The van der Waals surface area contributed by atoms with E-state index in [2.05, 4.69) is 5.32 Å². The third kappa shape index (κ3) is 8.02. The lowest BCUT2D eigenvalue weighted by Gasteiger charge is -2.32. The number of nitrogens with zero attached hydrogens (tertiary/aromatic N) is 1. The van der Waals surface area contributed by atoms with E-state index in [-0.39, 0.29) is 29.8 Å². The van der Waals surface area contributed by atoms with Gasteiger partial charge < -0.3 is 19.5 Å². The molecule has 0 unspecified atom stereocenters. The van der Waals surface area contributed by atoms with Gasteiger partial charge in [-0.15, -0.1) is 0 Å². The monoisotopic (exact) mass is 456 g/mol. The number of sulfonamides is 1. The fourth-order valence-electron chi connectivity index (χ4n) is 2.93. The van der Waals surface area contributed by atoms with Gasteiger partial charge in [-0.25, -0.2) is 18.0 Å². The van der Waals surface area contributed by atoms with E-state index in [1.54, 1.807) is 41.5 Å². The Kier molecular flexibility index (Phi) is 7.59. The van der Waals surface area contributed by atoms with Crippen LogP contribution in [0.15, 0.2) is 29.2 Å². The third-order valence-electron chi connectivity index (χ3n) is 4.21. The fourth-order valence-corrected chi connectivity index (χ4v) is 4.43. The zero-order valence-electron chi connectivity index (χ0n) is 18.9. The van der Waals surface area contributed by atoms with E-state index < -0.39 is 33.5 Å². The summed E-state index contributed by atoms with van der Waals surface area (Å²) in [4.78, 5) is 23.8. The number of carbonyl (C=O) groups excluding carboxylic acids is 2. The molecule has 31 heavy (non-hydrogen) atoms. The molecule has 1 N–H and O–H groups in total. The maximum Gasteiger partial charge on any atom is 0.514 e. The number of rotatable bonds is 4. The Hall–Kier alpha value is -2.33. The van der Waals surface area contributed by atoms with Crippen molar-refractivity contribution in [2.75, 3.05) is 13.1 Å². The first-order valence-electron chi connectivity index (χ1n) is 10.2. The lowest BCUT2D eigenvalue weighted by atomic mass is 10.1. The number of carbonyl (C=O) groups is 2. The Balaban J connectivity index is 1.99. The Morgan fingerprint density at radius 2 is 1.58 bits per heavy atom. The van der Waals surface area contributed by atoms with E-state index in [0.717, 1.165) is 0 Å². The molecule has 0 saturated carbocycles. The summed E-state index contributed by atoms with van der Waals surface area (Å²) in [5, 5.41) is 2.78. The van der Waals surface area contributed by atoms with Gasteiger partial charge in [0, 0.05) is 25.2 Å². The molecule has 10 heteroatoms. The molecule has 1 aromatic rings. The van der Waals surface area contributed by atoms with Crippen LogP contribution in [-0.4, -0.2) is 55.3 Å². The van der Waals surface area contributed by atoms with Crippen molar-refractivity contribution >= 4 is 22.3 Å². The van der Waals surface area contributed by atoms with Crippen molar-refractivity contribution in [2.24, 2.45) is 0 Å². The van der Waals surface area contributed by atoms with Crippen molar-refractivity contribution in [1.29, 1.82) is 0 Å². The molecule has 174 valence electrons. The minimum Gasteiger partial charge on any atom is -0.444 e. The fraction of sp³-hybridized carbons (Fsp3) is 0.619. The van der Waals surface area contributed by atoms with Gasteiger partial charge in [-0.05, 0) is 66.5 Å². The van der Waals surface area contributed by atoms with Gasteiger partial charge in [0.15, 0.2) is 0 Å². The van der Waals surface area contributed by atoms with Crippen molar-refractivity contribution in [3.8, 4) is 5.75 Å². The largest absolute Gasteiger partial charge is 0.514 e. The molecule has 1 amide bonds. The van der Waals surface area contributed by atoms with Crippen LogP contribution in [-0.2, 0) is 19.5 Å². The molecule has 0 aromatic heterocycles. The van der Waals surface area contributed by atoms with Crippen LogP contribution in [0.2, 0.25) is 0 Å². The Morgan fingerprint density at radius 3 is 2.13 bits per heavy atom. The molecule has 0 aliphatic carbocycles. The lowest BCUT2D eigenvalue weighted by molar-refractivity contribution is 0.0205. The zero-order valence-corrected chi connectivity index (χ0v) is 19.7. The highest BCUT2D eigenvalue weighted by Crippen LogP contribution is 2.25. The molecule has 0 bridgehead atoms. The lowest BCUT2D eigenvalue weighted by Crippen LogP contribution is -2.47. The smallest absolute Gasteiger partial charge is 0.444 e. The average Bonchev–Trinajstić information content (AvgIpc) is 2.59. The van der Waals surface area contributed by atoms with E-state index in [9.17, 15) is 18.0 Å². The van der Waals surface area contributed by atoms with E-state index in [0.29, 0.717) is 12.8 Å². The highest BCUT2D eigenvalue weighted by atomic mass is 32.2. The van der Waals surface area contributed by atoms with Crippen molar-refractivity contribution in [2.45, 2.75) is 76.5 Å². The second-order valence-corrected chi connectivity index (χ2v) is 11.3. The van der Waals surface area contributed by atoms with Crippen LogP contribution in [0.25, 0.3) is 0 Å². The molecule has 0 atom stereocenters. The molecule has 2 rings (SSSR count). The molecule has 1 heterocycles. The van der Waals surface area contributed by atoms with Gasteiger partial charge in [0.25, 0.3) is 0 Å². The molecule has 1 aliphatic heterocycles. The normalized spacial score (nSPS) is 16.5. The van der Waals surface area contributed by atoms with Crippen LogP contribution in [0.1, 0.15) is 54.4 Å². The maximum absolute atomic E-state index is 13.0. The van der Waals surface area contributed by atoms with Gasteiger partial charge in [-0.3, -0.25) is 0 Å². The van der Waals surface area contributed by atoms with E-state index >= 15 is 0 Å². The summed E-state index contributed by atoms with van der Waals surface area (Å²) in [7, 11) is -3.78. The number of alkyl carbamates (subject to hydrolysis) is 1. The predicted octanol–water partition coefficient (Wildman–Crippen LogP) is 3.68. The molecule has 1 aromatic carbocycles. The number of benzene rings is 1. The number of amides is 1. The van der Waals surface area contributed by atoms with Gasteiger partial charge >= 0.3 is 12.2 Å². The van der Waals surface area contributed by atoms with Crippen LogP contribution < -0.4 is 10.1 Å². The molecular formula is C21H32N2O7S. The zero-order chi connectivity index (χ0) is 23.4. The van der Waals surface area contributed by atoms with Crippen molar-refractivity contribution < 1.29 is 32.2 Å². The van der Waals surface area contributed by atoms with Gasteiger partial charge in [-0.2, -0.15) is 4.31 Å². The molecule has 1 fully saturated rings. The van der Waals surface area contributed by atoms with Gasteiger partial charge in [0.1, 0.15) is 17.0 Å². The van der Waals surface area contributed by atoms with Crippen LogP contribution >= 0.6 is 0 Å². The van der Waals surface area contributed by atoms with Gasteiger partial charge in [0.2, 0.25) is 10.0 Å². The summed E-state index contributed by atoms with van der Waals surface area (Å²) in [6, 6.07) is 5.57. The average molecular weight is 457 g/mol. The predicted molar refractivity (Wildman–Crippen MR) is 114 cm³/mol. The Bertz CT molecular complexity index is 893. The van der Waals surface area contributed by atoms with Crippen LogP contribution in [0, 0.1) is 0 Å². The van der Waals surface area contributed by atoms with Crippen LogP contribution in [0.3, 0.4) is 0 Å². The molecule has 0 radical (unpaired) electrons. The van der Waals surface area contributed by atoms with Crippen molar-refractivity contribution in [1.82, 2.24) is 9.62 Å². The molecule has 1 saturated heterocycles. The van der Waals surface area contributed by atoms with Gasteiger partial charge in [0.05, 0.1) is 4.90 Å². The number of ether oxygens (including phenoxy) is 3. The summed E-state index contributed by atoms with van der Waals surface area (Å²) in [6.45, 7) is 11.0. The highest BCUT2D eigenvalue weighted by molar-refractivity contribution is 7.89. The standard InChI is InChI=1S/C21H32N2O7S/c1-20(2,3)29-18(24)22-15-10-12-23(13-11-15)31(26,27)17-9-7-8-16(14-17)28-19(25)30-21(4,5)6/h7-9,14-15H,10-13H2,1-6H3,(H,22,24). The second-order valence-electron chi connectivity index (χ2n) is 9.37. The third-order valence-corrected chi connectivity index (χ3v) is 6.10. The Morgan fingerprint density at radius 1 is 1.00 bits per heavy atom. The Labute approximate surface area is 184 Å². The quantitative estimate of drug-likeness (QED) is 0.543. The summed E-state index contributed by atoms with van der Waals surface area (Å²) in [6.07, 6.45) is -0.490. The van der Waals surface area contributed by atoms with Crippen LogP contribution in [0.5, 0.6) is 5.75 Å². The van der Waals surface area contributed by atoms with E-state index in [4.69, 9.17) is 14.2 Å². The van der Waals surface area contributed by atoms with Crippen LogP contribution in [0.4, 0.5) is 9.59 Å².